The van der Waals surface area contributed by atoms with Gasteiger partial charge in [-0.15, -0.1) is 0 Å². The molecule has 0 unspecified atom stereocenters. The Morgan fingerprint density at radius 1 is 0.377 bits per heavy atom. The van der Waals surface area contributed by atoms with Crippen LogP contribution in [0.5, 0.6) is 0 Å². The molecule has 0 N–H and O–H groups in total. The molecule has 0 radical (unpaired) electrons. The van der Waals surface area contributed by atoms with Crippen LogP contribution in [0.25, 0.3) is 44.2 Å². The van der Waals surface area contributed by atoms with Gasteiger partial charge in [0.05, 0.1) is 0 Å². The zero-order valence-corrected chi connectivity index (χ0v) is 32.9. The molecule has 262 valence electrons. The lowest BCUT2D eigenvalue weighted by molar-refractivity contribution is 0.652. The van der Waals surface area contributed by atoms with Gasteiger partial charge in [-0.05, 0) is 167 Å². The Bertz CT molecular complexity index is 2630. The fourth-order valence-electron chi connectivity index (χ4n) is 9.70. The zero-order valence-electron chi connectivity index (χ0n) is 32.9. The molecule has 0 amide bonds. The SMILES string of the molecule is Cc1ccc(N(c2ccc3c(c2)C(C)(C)c2cc4c(cc2-3)C(C)(C)c2cc(-c3cc(C)ccc3C)c3ccccc3c2-4)c2ccc(C)cc2C)c(C)c1. The maximum atomic E-state index is 2.56. The molecule has 0 spiro atoms. The van der Waals surface area contributed by atoms with Crippen LogP contribution in [-0.2, 0) is 10.8 Å². The number of anilines is 3. The number of hydrogen-bond donors (Lipinski definition) is 0. The Hall–Kier alpha value is -5.40. The summed E-state index contributed by atoms with van der Waals surface area (Å²) >= 11 is 0. The normalized spacial score (nSPS) is 14.5. The summed E-state index contributed by atoms with van der Waals surface area (Å²) in [6, 6.07) is 44.5. The average molecular weight is 688 g/mol. The van der Waals surface area contributed by atoms with Crippen molar-refractivity contribution in [1.82, 2.24) is 0 Å². The highest BCUT2D eigenvalue weighted by molar-refractivity contribution is 6.10. The number of rotatable bonds is 4. The summed E-state index contributed by atoms with van der Waals surface area (Å²) in [4.78, 5) is 2.47. The lowest BCUT2D eigenvalue weighted by atomic mass is 9.78. The maximum absolute atomic E-state index is 2.56. The number of benzene rings is 7. The molecule has 0 fully saturated rings. The maximum Gasteiger partial charge on any atom is 0.0491 e. The van der Waals surface area contributed by atoms with Gasteiger partial charge in [0.2, 0.25) is 0 Å². The van der Waals surface area contributed by atoms with Gasteiger partial charge in [0.1, 0.15) is 0 Å². The van der Waals surface area contributed by atoms with Crippen molar-refractivity contribution in [3.8, 4) is 33.4 Å². The number of nitrogens with zero attached hydrogens (tertiary/aromatic N) is 1. The predicted molar refractivity (Wildman–Crippen MR) is 228 cm³/mol. The Morgan fingerprint density at radius 2 is 0.906 bits per heavy atom. The van der Waals surface area contributed by atoms with Crippen molar-refractivity contribution >= 4 is 27.8 Å². The van der Waals surface area contributed by atoms with E-state index in [1.165, 1.54) is 117 Å². The molecule has 1 heteroatoms. The first-order valence-electron chi connectivity index (χ1n) is 19.2. The van der Waals surface area contributed by atoms with E-state index in [4.69, 9.17) is 0 Å². The van der Waals surface area contributed by atoms with Crippen LogP contribution in [0.3, 0.4) is 0 Å². The van der Waals surface area contributed by atoms with Gasteiger partial charge in [0.15, 0.2) is 0 Å². The molecule has 0 aliphatic heterocycles. The molecule has 1 nitrogen and oxygen atoms in total. The van der Waals surface area contributed by atoms with Crippen LogP contribution in [0.4, 0.5) is 17.1 Å². The lowest BCUT2D eigenvalue weighted by Gasteiger charge is -2.30. The third-order valence-electron chi connectivity index (χ3n) is 12.6. The van der Waals surface area contributed by atoms with Crippen molar-refractivity contribution in [2.45, 2.75) is 80.1 Å². The number of aryl methyl sites for hydroxylation is 6. The Kier molecular flexibility index (Phi) is 7.29. The number of fused-ring (bicyclic) bond motifs is 8. The minimum absolute atomic E-state index is 0.147. The van der Waals surface area contributed by atoms with Gasteiger partial charge in [-0.1, -0.05) is 117 Å². The summed E-state index contributed by atoms with van der Waals surface area (Å²) in [5.74, 6) is 0. The second kappa shape index (κ2) is 11.5. The molecule has 7 aromatic rings. The van der Waals surface area contributed by atoms with Gasteiger partial charge in [-0.2, -0.15) is 0 Å². The van der Waals surface area contributed by atoms with Crippen LogP contribution >= 0.6 is 0 Å². The highest BCUT2D eigenvalue weighted by Crippen LogP contribution is 2.59. The van der Waals surface area contributed by atoms with Crippen LogP contribution in [0.15, 0.2) is 115 Å². The second-order valence-electron chi connectivity index (χ2n) is 17.0. The predicted octanol–water partition coefficient (Wildman–Crippen LogP) is 14.4. The fourth-order valence-corrected chi connectivity index (χ4v) is 9.70. The van der Waals surface area contributed by atoms with Crippen molar-refractivity contribution in [2.24, 2.45) is 0 Å². The fraction of sp³-hybridized carbons (Fsp3) is 0.231. The third-order valence-corrected chi connectivity index (χ3v) is 12.6. The molecular weight excluding hydrogens is 639 g/mol. The molecule has 0 bridgehead atoms. The van der Waals surface area contributed by atoms with Gasteiger partial charge >= 0.3 is 0 Å². The summed E-state index contributed by atoms with van der Waals surface area (Å²) in [6.45, 7) is 23.0. The van der Waals surface area contributed by atoms with Crippen molar-refractivity contribution in [3.05, 3.63) is 171 Å². The van der Waals surface area contributed by atoms with Gasteiger partial charge in [-0.3, -0.25) is 0 Å². The first-order chi connectivity index (χ1) is 25.3. The van der Waals surface area contributed by atoms with E-state index >= 15 is 0 Å². The minimum Gasteiger partial charge on any atom is -0.310 e. The molecule has 0 atom stereocenters. The molecule has 0 saturated heterocycles. The van der Waals surface area contributed by atoms with Gasteiger partial charge in [-0.25, -0.2) is 0 Å². The van der Waals surface area contributed by atoms with Crippen molar-refractivity contribution in [2.75, 3.05) is 4.90 Å². The highest BCUT2D eigenvalue weighted by Gasteiger charge is 2.43. The summed E-state index contributed by atoms with van der Waals surface area (Å²) in [5, 5.41) is 2.68. The van der Waals surface area contributed by atoms with Gasteiger partial charge < -0.3 is 4.90 Å². The molecule has 2 aliphatic carbocycles. The van der Waals surface area contributed by atoms with E-state index in [1.54, 1.807) is 0 Å². The van der Waals surface area contributed by atoms with Crippen LogP contribution in [-0.4, -0.2) is 0 Å². The first kappa shape index (κ1) is 33.4. The van der Waals surface area contributed by atoms with E-state index in [-0.39, 0.29) is 10.8 Å². The Balaban J connectivity index is 1.23. The monoisotopic (exact) mass is 687 g/mol. The van der Waals surface area contributed by atoms with Crippen molar-refractivity contribution < 1.29 is 0 Å². The highest BCUT2D eigenvalue weighted by atomic mass is 15.1. The minimum atomic E-state index is -0.173. The van der Waals surface area contributed by atoms with E-state index in [9.17, 15) is 0 Å². The topological polar surface area (TPSA) is 3.24 Å². The van der Waals surface area contributed by atoms with Crippen molar-refractivity contribution in [3.63, 3.8) is 0 Å². The molecule has 0 heterocycles. The lowest BCUT2D eigenvalue weighted by Crippen LogP contribution is -2.18. The average Bonchev–Trinajstić information content (AvgIpc) is 3.48. The van der Waals surface area contributed by atoms with Crippen LogP contribution in [0.1, 0.15) is 83.3 Å². The number of hydrogen-bond acceptors (Lipinski definition) is 1. The molecule has 53 heavy (non-hydrogen) atoms. The van der Waals surface area contributed by atoms with E-state index in [0.717, 1.165) is 0 Å². The summed E-state index contributed by atoms with van der Waals surface area (Å²) in [6.07, 6.45) is 0. The van der Waals surface area contributed by atoms with Crippen molar-refractivity contribution in [1.29, 1.82) is 0 Å². The van der Waals surface area contributed by atoms with Crippen LogP contribution in [0, 0.1) is 41.5 Å². The molecular formula is C52H49N. The second-order valence-corrected chi connectivity index (χ2v) is 17.0. The molecule has 7 aromatic carbocycles. The standard InChI is InChI=1S/C52H49N/c1-30-16-21-48(34(5)23-30)53(49-22-17-31(2)24-35(49)6)36-19-20-38-42-28-46-43(29-45(42)51(7,8)44(38)26-36)50-39-14-12-11-13-37(39)41(27-47(50)52(46,9)10)40-25-32(3)15-18-33(40)4/h11-29H,1-10H3. The molecule has 0 saturated carbocycles. The Morgan fingerprint density at radius 3 is 1.57 bits per heavy atom. The van der Waals surface area contributed by atoms with E-state index in [2.05, 4.69) is 189 Å². The Labute approximate surface area is 316 Å². The smallest absolute Gasteiger partial charge is 0.0491 e. The van der Waals surface area contributed by atoms with E-state index in [0.29, 0.717) is 0 Å². The summed E-state index contributed by atoms with van der Waals surface area (Å²) in [7, 11) is 0. The summed E-state index contributed by atoms with van der Waals surface area (Å²) < 4.78 is 0. The largest absolute Gasteiger partial charge is 0.310 e. The first-order valence-corrected chi connectivity index (χ1v) is 19.2. The van der Waals surface area contributed by atoms with E-state index in [1.807, 2.05) is 0 Å². The van der Waals surface area contributed by atoms with Crippen LogP contribution in [0.2, 0.25) is 0 Å². The third kappa shape index (κ3) is 4.90. The summed E-state index contributed by atoms with van der Waals surface area (Å²) in [5.41, 5.74) is 24.9. The quantitative estimate of drug-likeness (QED) is 0.178. The van der Waals surface area contributed by atoms with Gasteiger partial charge in [0, 0.05) is 27.9 Å². The molecule has 2 aliphatic rings. The van der Waals surface area contributed by atoms with Crippen LogP contribution < -0.4 is 4.90 Å². The zero-order chi connectivity index (χ0) is 37.1. The van der Waals surface area contributed by atoms with Gasteiger partial charge in [0.25, 0.3) is 0 Å². The molecule has 0 aromatic heterocycles. The van der Waals surface area contributed by atoms with E-state index < -0.39 is 0 Å². The molecule has 9 rings (SSSR count).